The molecule has 0 aliphatic rings. The average Bonchev–Trinajstić information content (AvgIpc) is 2.64. The van der Waals surface area contributed by atoms with Gasteiger partial charge in [-0.05, 0) is 44.3 Å². The van der Waals surface area contributed by atoms with Crippen LogP contribution in [0, 0.1) is 16.4 Å². The summed E-state index contributed by atoms with van der Waals surface area (Å²) in [5.41, 5.74) is 0.103. The molecule has 1 heterocycles. The van der Waals surface area contributed by atoms with Crippen molar-refractivity contribution in [2.75, 3.05) is 0 Å². The summed E-state index contributed by atoms with van der Waals surface area (Å²) >= 11 is 5.05. The zero-order valence-electron chi connectivity index (χ0n) is 9.37. The van der Waals surface area contributed by atoms with Gasteiger partial charge in [0.05, 0.1) is 5.56 Å². The van der Waals surface area contributed by atoms with Crippen molar-refractivity contribution in [1.29, 1.82) is 0 Å². The molecule has 0 aliphatic heterocycles. The summed E-state index contributed by atoms with van der Waals surface area (Å²) in [6, 6.07) is 3.27. The number of rotatable bonds is 2. The second kappa shape index (κ2) is 4.37. The number of H-pyrrole nitrogens is 1. The summed E-state index contributed by atoms with van der Waals surface area (Å²) in [7, 11) is 0. The number of benzene rings is 1. The lowest BCUT2D eigenvalue weighted by atomic mass is 10.2. The molecule has 1 N–H and O–H groups in total. The summed E-state index contributed by atoms with van der Waals surface area (Å²) in [6.45, 7) is 3.79. The number of nitrogens with zero attached hydrogens (tertiary/aromatic N) is 2. The van der Waals surface area contributed by atoms with Gasteiger partial charge in [0.25, 0.3) is 0 Å². The largest absolute Gasteiger partial charge is 0.298 e. The smallest absolute Gasteiger partial charge is 0.195 e. The van der Waals surface area contributed by atoms with Crippen LogP contribution in [-0.2, 0) is 0 Å². The maximum absolute atomic E-state index is 13.6. The van der Waals surface area contributed by atoms with Gasteiger partial charge >= 0.3 is 0 Å². The normalized spacial score (nSPS) is 11.1. The third-order valence-electron chi connectivity index (χ3n) is 2.39. The Morgan fingerprint density at radius 1 is 1.35 bits per heavy atom. The van der Waals surface area contributed by atoms with Gasteiger partial charge in [-0.25, -0.2) is 8.78 Å². The van der Waals surface area contributed by atoms with Gasteiger partial charge in [0, 0.05) is 6.04 Å². The van der Waals surface area contributed by atoms with Crippen molar-refractivity contribution >= 4 is 12.2 Å². The van der Waals surface area contributed by atoms with Crippen molar-refractivity contribution in [3.05, 3.63) is 34.6 Å². The van der Waals surface area contributed by atoms with E-state index in [9.17, 15) is 8.78 Å². The monoisotopic (exact) mass is 255 g/mol. The first-order valence-corrected chi connectivity index (χ1v) is 5.54. The predicted molar refractivity (Wildman–Crippen MR) is 63.1 cm³/mol. The highest BCUT2D eigenvalue weighted by Crippen LogP contribution is 2.24. The molecule has 2 aromatic rings. The molecule has 0 atom stereocenters. The van der Waals surface area contributed by atoms with Gasteiger partial charge < -0.3 is 0 Å². The first-order valence-electron chi connectivity index (χ1n) is 5.13. The first-order chi connectivity index (χ1) is 8.00. The molecule has 0 radical (unpaired) electrons. The van der Waals surface area contributed by atoms with Crippen molar-refractivity contribution in [3.8, 4) is 11.4 Å². The lowest BCUT2D eigenvalue weighted by Gasteiger charge is -2.10. The molecule has 1 aromatic carbocycles. The van der Waals surface area contributed by atoms with Crippen molar-refractivity contribution in [1.82, 2.24) is 14.8 Å². The van der Waals surface area contributed by atoms with E-state index in [1.54, 1.807) is 4.57 Å². The van der Waals surface area contributed by atoms with Gasteiger partial charge in [-0.2, -0.15) is 5.10 Å². The number of nitrogens with one attached hydrogen (secondary N) is 1. The molecule has 0 saturated heterocycles. The van der Waals surface area contributed by atoms with Crippen molar-refractivity contribution in [2.45, 2.75) is 19.9 Å². The highest BCUT2D eigenvalue weighted by molar-refractivity contribution is 7.71. The minimum atomic E-state index is -0.526. The number of hydrogen-bond acceptors (Lipinski definition) is 2. The van der Waals surface area contributed by atoms with E-state index in [4.69, 9.17) is 12.2 Å². The summed E-state index contributed by atoms with van der Waals surface area (Å²) < 4.78 is 28.8. The quantitative estimate of drug-likeness (QED) is 0.834. The second-order valence-electron chi connectivity index (χ2n) is 3.94. The molecule has 0 amide bonds. The maximum atomic E-state index is 13.6. The van der Waals surface area contributed by atoms with E-state index in [0.717, 1.165) is 18.2 Å². The number of halogens is 2. The van der Waals surface area contributed by atoms with Crippen molar-refractivity contribution in [3.63, 3.8) is 0 Å². The zero-order chi connectivity index (χ0) is 12.6. The Morgan fingerprint density at radius 3 is 2.71 bits per heavy atom. The van der Waals surface area contributed by atoms with Crippen LogP contribution >= 0.6 is 12.2 Å². The van der Waals surface area contributed by atoms with Crippen LogP contribution in [-0.4, -0.2) is 14.8 Å². The van der Waals surface area contributed by atoms with E-state index in [1.165, 1.54) is 0 Å². The molecule has 0 fully saturated rings. The summed E-state index contributed by atoms with van der Waals surface area (Å²) in [6.07, 6.45) is 0. The molecule has 1 aromatic heterocycles. The van der Waals surface area contributed by atoms with Gasteiger partial charge in [-0.1, -0.05) is 0 Å². The van der Waals surface area contributed by atoms with Crippen LogP contribution < -0.4 is 0 Å². The van der Waals surface area contributed by atoms with Crippen LogP contribution in [0.3, 0.4) is 0 Å². The Balaban J connectivity index is 2.69. The van der Waals surface area contributed by atoms with Gasteiger partial charge in [0.2, 0.25) is 0 Å². The Bertz CT molecular complexity index is 601. The van der Waals surface area contributed by atoms with Gasteiger partial charge in [0.15, 0.2) is 10.6 Å². The van der Waals surface area contributed by atoms with Crippen molar-refractivity contribution < 1.29 is 8.78 Å². The van der Waals surface area contributed by atoms with Crippen LogP contribution in [0.4, 0.5) is 8.78 Å². The minimum Gasteiger partial charge on any atom is -0.298 e. The molecule has 0 spiro atoms. The van der Waals surface area contributed by atoms with E-state index in [-0.39, 0.29) is 11.6 Å². The molecule has 0 bridgehead atoms. The molecular weight excluding hydrogens is 244 g/mol. The fourth-order valence-corrected chi connectivity index (χ4v) is 1.99. The predicted octanol–water partition coefficient (Wildman–Crippen LogP) is 3.47. The fraction of sp³-hybridized carbons (Fsp3) is 0.273. The second-order valence-corrected chi connectivity index (χ2v) is 4.33. The number of hydrogen-bond donors (Lipinski definition) is 1. The molecular formula is C11H11F2N3S. The Hall–Kier alpha value is -1.56. The number of aromatic amines is 1. The number of aromatic nitrogens is 3. The van der Waals surface area contributed by atoms with E-state index in [0.29, 0.717) is 10.6 Å². The molecule has 0 unspecified atom stereocenters. The summed E-state index contributed by atoms with van der Waals surface area (Å²) in [5.74, 6) is -0.727. The molecule has 0 aliphatic carbocycles. The minimum absolute atomic E-state index is 0.0129. The lowest BCUT2D eigenvalue weighted by Crippen LogP contribution is -2.04. The Morgan fingerprint density at radius 2 is 2.06 bits per heavy atom. The average molecular weight is 255 g/mol. The Labute approximate surface area is 102 Å². The molecule has 17 heavy (non-hydrogen) atoms. The highest BCUT2D eigenvalue weighted by atomic mass is 32.1. The first kappa shape index (κ1) is 11.9. The maximum Gasteiger partial charge on any atom is 0.195 e. The molecule has 6 heteroatoms. The van der Waals surface area contributed by atoms with Gasteiger partial charge in [0.1, 0.15) is 11.6 Å². The Kier molecular flexibility index (Phi) is 3.06. The highest BCUT2D eigenvalue weighted by Gasteiger charge is 2.15. The fourth-order valence-electron chi connectivity index (χ4n) is 1.64. The van der Waals surface area contributed by atoms with Crippen molar-refractivity contribution in [2.24, 2.45) is 0 Å². The topological polar surface area (TPSA) is 33.6 Å². The van der Waals surface area contributed by atoms with Gasteiger partial charge in [-0.3, -0.25) is 9.67 Å². The van der Waals surface area contributed by atoms with Crippen LogP contribution in [0.25, 0.3) is 11.4 Å². The summed E-state index contributed by atoms with van der Waals surface area (Å²) in [4.78, 5) is 0. The molecule has 90 valence electrons. The molecule has 0 saturated carbocycles. The van der Waals surface area contributed by atoms with Crippen LogP contribution in [0.5, 0.6) is 0 Å². The summed E-state index contributed by atoms with van der Waals surface area (Å²) in [5, 5.41) is 6.54. The third kappa shape index (κ3) is 2.12. The van der Waals surface area contributed by atoms with Crippen LogP contribution in [0.15, 0.2) is 18.2 Å². The van der Waals surface area contributed by atoms with E-state index in [2.05, 4.69) is 10.2 Å². The molecule has 2 rings (SSSR count). The molecule has 3 nitrogen and oxygen atoms in total. The third-order valence-corrected chi connectivity index (χ3v) is 2.68. The SMILES string of the molecule is CC(C)n1c(-c2cc(F)ccc2F)n[nH]c1=S. The van der Waals surface area contributed by atoms with Crippen LogP contribution in [0.2, 0.25) is 0 Å². The van der Waals surface area contributed by atoms with Gasteiger partial charge in [-0.15, -0.1) is 0 Å². The standard InChI is InChI=1S/C11H11F2N3S/c1-6(2)16-10(14-15-11(16)17)8-5-7(12)3-4-9(8)13/h3-6H,1-2H3,(H,15,17). The van der Waals surface area contributed by atoms with E-state index < -0.39 is 11.6 Å². The lowest BCUT2D eigenvalue weighted by molar-refractivity contribution is 0.582. The van der Waals surface area contributed by atoms with E-state index in [1.807, 2.05) is 13.8 Å². The van der Waals surface area contributed by atoms with E-state index >= 15 is 0 Å². The zero-order valence-corrected chi connectivity index (χ0v) is 10.2. The van der Waals surface area contributed by atoms with Crippen LogP contribution in [0.1, 0.15) is 19.9 Å².